The number of unbranched alkanes of at least 4 members (excludes halogenated alkanes) is 2. The number of rotatable bonds is 9. The molecule has 1 aliphatic carbocycles. The summed E-state index contributed by atoms with van der Waals surface area (Å²) in [6.07, 6.45) is 13.8. The van der Waals surface area contributed by atoms with Gasteiger partial charge in [-0.25, -0.2) is 4.39 Å². The average Bonchev–Trinajstić information content (AvgIpc) is 2.89. The van der Waals surface area contributed by atoms with Gasteiger partial charge in [0.25, 0.3) is 0 Å². The normalized spacial score (nSPS) is 15.1. The standard InChI is InChI=1S/C32H36FN/c1-2-3-5-20-32(21-6-4-7-22-32)29-17-12-25(13-18-29)8-9-26-14-19-30(31(33)23-26)28-15-10-27(24-34)11-16-28/h10-19,23H,2-9,20-22H2,1H3. The molecule has 0 saturated heterocycles. The summed E-state index contributed by atoms with van der Waals surface area (Å²) in [5.41, 5.74) is 6.22. The van der Waals surface area contributed by atoms with Crippen molar-refractivity contribution >= 4 is 0 Å². The Morgan fingerprint density at radius 3 is 2.15 bits per heavy atom. The van der Waals surface area contributed by atoms with Gasteiger partial charge in [-0.15, -0.1) is 0 Å². The topological polar surface area (TPSA) is 23.8 Å². The van der Waals surface area contributed by atoms with Crippen LogP contribution in [0.1, 0.15) is 87.0 Å². The Labute approximate surface area is 204 Å². The van der Waals surface area contributed by atoms with E-state index in [4.69, 9.17) is 5.26 Å². The quantitative estimate of drug-likeness (QED) is 0.297. The van der Waals surface area contributed by atoms with Crippen LogP contribution in [0.5, 0.6) is 0 Å². The van der Waals surface area contributed by atoms with E-state index in [-0.39, 0.29) is 5.82 Å². The molecule has 4 rings (SSSR count). The number of nitrogens with zero attached hydrogens (tertiary/aromatic N) is 1. The SMILES string of the molecule is CCCCCC1(c2ccc(CCc3ccc(-c4ccc(C#N)cc4)c(F)c3)cc2)CCCCC1. The molecule has 3 aromatic carbocycles. The molecule has 0 aliphatic heterocycles. The third kappa shape index (κ3) is 5.76. The molecule has 0 amide bonds. The van der Waals surface area contributed by atoms with Gasteiger partial charge in [0.2, 0.25) is 0 Å². The van der Waals surface area contributed by atoms with Crippen molar-refractivity contribution in [2.45, 2.75) is 83.0 Å². The van der Waals surface area contributed by atoms with Crippen molar-refractivity contribution < 1.29 is 4.39 Å². The number of nitriles is 1. The van der Waals surface area contributed by atoms with Crippen LogP contribution >= 0.6 is 0 Å². The van der Waals surface area contributed by atoms with E-state index < -0.39 is 0 Å². The molecule has 0 radical (unpaired) electrons. The number of halogens is 1. The molecule has 0 bridgehead atoms. The van der Waals surface area contributed by atoms with Gasteiger partial charge in [-0.05, 0) is 78.0 Å². The van der Waals surface area contributed by atoms with Crippen LogP contribution in [0.3, 0.4) is 0 Å². The van der Waals surface area contributed by atoms with Crippen LogP contribution in [0, 0.1) is 17.1 Å². The van der Waals surface area contributed by atoms with Gasteiger partial charge in [0.1, 0.15) is 5.82 Å². The van der Waals surface area contributed by atoms with E-state index in [1.165, 1.54) is 68.9 Å². The third-order valence-corrected chi connectivity index (χ3v) is 7.70. The Morgan fingerprint density at radius 2 is 1.50 bits per heavy atom. The number of benzene rings is 3. The van der Waals surface area contributed by atoms with Gasteiger partial charge in [-0.2, -0.15) is 5.26 Å². The van der Waals surface area contributed by atoms with E-state index in [1.807, 2.05) is 12.1 Å². The minimum Gasteiger partial charge on any atom is -0.206 e. The Bertz CT molecular complexity index is 1100. The first-order chi connectivity index (χ1) is 16.6. The van der Waals surface area contributed by atoms with Crippen molar-refractivity contribution in [3.05, 3.63) is 94.8 Å². The van der Waals surface area contributed by atoms with Gasteiger partial charge in [0, 0.05) is 5.56 Å². The monoisotopic (exact) mass is 453 g/mol. The molecule has 0 aromatic heterocycles. The van der Waals surface area contributed by atoms with Crippen LogP contribution in [0.2, 0.25) is 0 Å². The Hall–Kier alpha value is -2.92. The highest BCUT2D eigenvalue weighted by atomic mass is 19.1. The van der Waals surface area contributed by atoms with Crippen LogP contribution in [-0.2, 0) is 18.3 Å². The van der Waals surface area contributed by atoms with Crippen molar-refractivity contribution in [2.24, 2.45) is 0 Å². The van der Waals surface area contributed by atoms with Gasteiger partial charge < -0.3 is 0 Å². The summed E-state index contributed by atoms with van der Waals surface area (Å²) in [7, 11) is 0. The minimum absolute atomic E-state index is 0.205. The van der Waals surface area contributed by atoms with Gasteiger partial charge in [0.15, 0.2) is 0 Å². The second-order valence-corrected chi connectivity index (χ2v) is 10.00. The average molecular weight is 454 g/mol. The molecule has 1 saturated carbocycles. The summed E-state index contributed by atoms with van der Waals surface area (Å²) >= 11 is 0. The van der Waals surface area contributed by atoms with Crippen LogP contribution in [0.25, 0.3) is 11.1 Å². The molecular weight excluding hydrogens is 417 g/mol. The lowest BCUT2D eigenvalue weighted by atomic mass is 9.66. The van der Waals surface area contributed by atoms with Crippen molar-refractivity contribution in [1.29, 1.82) is 5.26 Å². The first kappa shape index (κ1) is 24.2. The van der Waals surface area contributed by atoms with Crippen molar-refractivity contribution in [3.63, 3.8) is 0 Å². The maximum absolute atomic E-state index is 14.8. The molecule has 1 aliphatic rings. The largest absolute Gasteiger partial charge is 0.206 e. The predicted octanol–water partition coefficient (Wildman–Crippen LogP) is 8.93. The zero-order chi connectivity index (χ0) is 23.8. The predicted molar refractivity (Wildman–Crippen MR) is 139 cm³/mol. The van der Waals surface area contributed by atoms with Gasteiger partial charge in [-0.1, -0.05) is 94.0 Å². The molecular formula is C32H36FN. The van der Waals surface area contributed by atoms with Crippen molar-refractivity contribution in [2.75, 3.05) is 0 Å². The summed E-state index contributed by atoms with van der Waals surface area (Å²) in [6, 6.07) is 24.1. The van der Waals surface area contributed by atoms with E-state index in [9.17, 15) is 4.39 Å². The molecule has 0 atom stereocenters. The maximum atomic E-state index is 14.8. The van der Waals surface area contributed by atoms with Crippen LogP contribution in [0.15, 0.2) is 66.7 Å². The molecule has 0 heterocycles. The number of aryl methyl sites for hydroxylation is 2. The highest BCUT2D eigenvalue weighted by Crippen LogP contribution is 2.43. The maximum Gasteiger partial charge on any atom is 0.131 e. The van der Waals surface area contributed by atoms with E-state index in [0.29, 0.717) is 16.5 Å². The molecule has 2 heteroatoms. The summed E-state index contributed by atoms with van der Waals surface area (Å²) in [5.74, 6) is -0.205. The first-order valence-corrected chi connectivity index (χ1v) is 13.0. The highest BCUT2D eigenvalue weighted by molar-refractivity contribution is 5.65. The van der Waals surface area contributed by atoms with Crippen molar-refractivity contribution in [1.82, 2.24) is 0 Å². The third-order valence-electron chi connectivity index (χ3n) is 7.70. The Morgan fingerprint density at radius 1 is 0.824 bits per heavy atom. The lowest BCUT2D eigenvalue weighted by Gasteiger charge is -2.38. The smallest absolute Gasteiger partial charge is 0.131 e. The van der Waals surface area contributed by atoms with Crippen LogP contribution in [0.4, 0.5) is 4.39 Å². The first-order valence-electron chi connectivity index (χ1n) is 13.0. The molecule has 0 spiro atoms. The van der Waals surface area contributed by atoms with E-state index in [2.05, 4.69) is 37.3 Å². The molecule has 1 nitrogen and oxygen atoms in total. The summed E-state index contributed by atoms with van der Waals surface area (Å²) in [4.78, 5) is 0. The molecule has 0 unspecified atom stereocenters. The van der Waals surface area contributed by atoms with Crippen LogP contribution < -0.4 is 0 Å². The fraction of sp³-hybridized carbons (Fsp3) is 0.406. The molecule has 176 valence electrons. The fourth-order valence-corrected chi connectivity index (χ4v) is 5.61. The van der Waals surface area contributed by atoms with Gasteiger partial charge in [-0.3, -0.25) is 0 Å². The number of hydrogen-bond donors (Lipinski definition) is 0. The Kier molecular flexibility index (Phi) is 8.17. The van der Waals surface area contributed by atoms with Gasteiger partial charge in [0.05, 0.1) is 11.6 Å². The van der Waals surface area contributed by atoms with Crippen molar-refractivity contribution in [3.8, 4) is 17.2 Å². The number of hydrogen-bond acceptors (Lipinski definition) is 1. The molecule has 3 aromatic rings. The second-order valence-electron chi connectivity index (χ2n) is 10.00. The minimum atomic E-state index is -0.205. The molecule has 1 fully saturated rings. The van der Waals surface area contributed by atoms with E-state index in [1.54, 1.807) is 30.3 Å². The van der Waals surface area contributed by atoms with Crippen LogP contribution in [-0.4, -0.2) is 0 Å². The van der Waals surface area contributed by atoms with E-state index >= 15 is 0 Å². The Balaban J connectivity index is 1.40. The zero-order valence-electron chi connectivity index (χ0n) is 20.5. The summed E-state index contributed by atoms with van der Waals surface area (Å²) in [5, 5.41) is 8.96. The van der Waals surface area contributed by atoms with Gasteiger partial charge >= 0.3 is 0 Å². The summed E-state index contributed by atoms with van der Waals surface area (Å²) < 4.78 is 14.8. The molecule has 34 heavy (non-hydrogen) atoms. The summed E-state index contributed by atoms with van der Waals surface area (Å²) in [6.45, 7) is 2.29. The fourth-order valence-electron chi connectivity index (χ4n) is 5.61. The molecule has 0 N–H and O–H groups in total. The lowest BCUT2D eigenvalue weighted by Crippen LogP contribution is -2.29. The van der Waals surface area contributed by atoms with E-state index in [0.717, 1.165) is 24.0 Å². The zero-order valence-corrected chi connectivity index (χ0v) is 20.5. The second kappa shape index (κ2) is 11.5. The highest BCUT2D eigenvalue weighted by Gasteiger charge is 2.33. The lowest BCUT2D eigenvalue weighted by molar-refractivity contribution is 0.266.